The van der Waals surface area contributed by atoms with Gasteiger partial charge < -0.3 is 15.4 Å². The number of hydrogen-bond donors (Lipinski definition) is 2. The molecule has 1 aromatic heterocycles. The number of benzene rings is 1. The number of nitrogens with zero attached hydrogens (tertiary/aromatic N) is 3. The number of ether oxygens (including phenoxy) is 1. The first-order valence-corrected chi connectivity index (χ1v) is 10.7. The third kappa shape index (κ3) is 7.06. The van der Waals surface area contributed by atoms with Crippen molar-refractivity contribution in [2.45, 2.75) is 50.7 Å². The fraction of sp³-hybridized carbons (Fsp3) is 0.455. The molecule has 0 radical (unpaired) electrons. The van der Waals surface area contributed by atoms with Crippen molar-refractivity contribution < 1.29 is 27.5 Å². The third-order valence-corrected chi connectivity index (χ3v) is 5.14. The largest absolute Gasteiger partial charge is 0.491 e. The van der Waals surface area contributed by atoms with Crippen LogP contribution in [0.25, 0.3) is 5.69 Å². The zero-order chi connectivity index (χ0) is 23.8. The van der Waals surface area contributed by atoms with Crippen molar-refractivity contribution in [1.82, 2.24) is 25.6 Å². The van der Waals surface area contributed by atoms with Crippen molar-refractivity contribution in [3.8, 4) is 11.4 Å². The highest BCUT2D eigenvalue weighted by Crippen LogP contribution is 2.25. The van der Waals surface area contributed by atoms with E-state index in [2.05, 4.69) is 22.2 Å². The van der Waals surface area contributed by atoms with E-state index in [0.717, 1.165) is 25.7 Å². The van der Waals surface area contributed by atoms with Gasteiger partial charge in [0.1, 0.15) is 18.0 Å². The molecule has 1 heterocycles. The molecule has 3 rings (SSSR count). The van der Waals surface area contributed by atoms with E-state index in [1.165, 1.54) is 29.1 Å². The maximum Gasteiger partial charge on any atom is 0.405 e. The van der Waals surface area contributed by atoms with Crippen molar-refractivity contribution >= 4 is 11.8 Å². The number of halogens is 3. The van der Waals surface area contributed by atoms with Crippen LogP contribution >= 0.6 is 0 Å². The summed E-state index contributed by atoms with van der Waals surface area (Å²) in [6, 6.07) is 4.31. The molecule has 2 N–H and O–H groups in total. The molecule has 0 spiro atoms. The first-order chi connectivity index (χ1) is 15.8. The number of unbranched alkanes of at least 4 members (excludes halogenated alkanes) is 1. The summed E-state index contributed by atoms with van der Waals surface area (Å²) in [4.78, 5) is 24.6. The van der Waals surface area contributed by atoms with Crippen LogP contribution in [0.5, 0.6) is 5.75 Å². The fourth-order valence-corrected chi connectivity index (χ4v) is 3.47. The van der Waals surface area contributed by atoms with Crippen LogP contribution in [0.3, 0.4) is 0 Å². The monoisotopic (exact) mass is 465 g/mol. The summed E-state index contributed by atoms with van der Waals surface area (Å²) in [6.45, 7) is 2.49. The standard InChI is InChI=1S/C22H26F3N5O3/c1-2-3-6-11-33-19-12-15(20(31)26-14-22(23,24)25)9-10-18(19)30-13-17(28-29-30)21(32)27-16-7-4-5-8-16/h2,9-10,12-13,16H,1,3-8,11,14H2,(H,26,31)(H,27,32). The second-order valence-corrected chi connectivity index (χ2v) is 7.76. The van der Waals surface area contributed by atoms with Crippen molar-refractivity contribution in [2.24, 2.45) is 0 Å². The zero-order valence-corrected chi connectivity index (χ0v) is 18.0. The van der Waals surface area contributed by atoms with E-state index in [4.69, 9.17) is 4.74 Å². The summed E-state index contributed by atoms with van der Waals surface area (Å²) >= 11 is 0. The van der Waals surface area contributed by atoms with E-state index in [1.807, 2.05) is 5.32 Å². The number of hydrogen-bond acceptors (Lipinski definition) is 5. The predicted octanol–water partition coefficient (Wildman–Crippen LogP) is 3.58. The van der Waals surface area contributed by atoms with Crippen LogP contribution in [0.1, 0.15) is 59.4 Å². The fourth-order valence-electron chi connectivity index (χ4n) is 3.47. The Morgan fingerprint density at radius 1 is 1.24 bits per heavy atom. The summed E-state index contributed by atoms with van der Waals surface area (Å²) in [5, 5.41) is 12.7. The van der Waals surface area contributed by atoms with Crippen LogP contribution in [0.15, 0.2) is 37.1 Å². The van der Waals surface area contributed by atoms with Gasteiger partial charge in [0.25, 0.3) is 11.8 Å². The van der Waals surface area contributed by atoms with Crippen LogP contribution < -0.4 is 15.4 Å². The number of amides is 2. The third-order valence-electron chi connectivity index (χ3n) is 5.14. The minimum Gasteiger partial charge on any atom is -0.491 e. The summed E-state index contributed by atoms with van der Waals surface area (Å²) in [6.07, 6.45) is 4.03. The van der Waals surface area contributed by atoms with Crippen LogP contribution in [0.4, 0.5) is 13.2 Å². The molecule has 1 fully saturated rings. The molecule has 2 aromatic rings. The predicted molar refractivity (Wildman–Crippen MR) is 114 cm³/mol. The summed E-state index contributed by atoms with van der Waals surface area (Å²) in [5.41, 5.74) is 0.529. The Morgan fingerprint density at radius 3 is 2.70 bits per heavy atom. The van der Waals surface area contributed by atoms with Gasteiger partial charge in [-0.1, -0.05) is 24.1 Å². The van der Waals surface area contributed by atoms with E-state index >= 15 is 0 Å². The Labute approximate surface area is 189 Å². The molecule has 0 bridgehead atoms. The summed E-state index contributed by atoms with van der Waals surface area (Å²) < 4.78 is 44.4. The van der Waals surface area contributed by atoms with Crippen molar-refractivity contribution in [3.05, 3.63) is 48.3 Å². The summed E-state index contributed by atoms with van der Waals surface area (Å²) in [7, 11) is 0. The lowest BCUT2D eigenvalue weighted by Gasteiger charge is -2.13. The normalized spacial score (nSPS) is 14.2. The van der Waals surface area contributed by atoms with Gasteiger partial charge in [-0.25, -0.2) is 4.68 Å². The van der Waals surface area contributed by atoms with E-state index in [-0.39, 0.29) is 35.6 Å². The van der Waals surface area contributed by atoms with Gasteiger partial charge in [-0.05, 0) is 43.9 Å². The second kappa shape index (κ2) is 11.0. The molecule has 11 heteroatoms. The first-order valence-electron chi connectivity index (χ1n) is 10.7. The number of allylic oxidation sites excluding steroid dienone is 1. The molecule has 1 saturated carbocycles. The van der Waals surface area contributed by atoms with Crippen molar-refractivity contribution in [1.29, 1.82) is 0 Å². The molecule has 33 heavy (non-hydrogen) atoms. The van der Waals surface area contributed by atoms with Gasteiger partial charge in [-0.2, -0.15) is 13.2 Å². The highest BCUT2D eigenvalue weighted by molar-refractivity contribution is 5.95. The van der Waals surface area contributed by atoms with Gasteiger partial charge in [0.2, 0.25) is 0 Å². The van der Waals surface area contributed by atoms with Gasteiger partial charge in [0.05, 0.1) is 12.8 Å². The maximum absolute atomic E-state index is 12.5. The average molecular weight is 465 g/mol. The molecular weight excluding hydrogens is 439 g/mol. The van der Waals surface area contributed by atoms with Crippen LogP contribution in [0, 0.1) is 0 Å². The Bertz CT molecular complexity index is 984. The Kier molecular flexibility index (Phi) is 8.07. The van der Waals surface area contributed by atoms with Gasteiger partial charge in [-0.15, -0.1) is 11.7 Å². The van der Waals surface area contributed by atoms with E-state index in [0.29, 0.717) is 18.5 Å². The van der Waals surface area contributed by atoms with Crippen LogP contribution in [-0.4, -0.2) is 52.2 Å². The molecule has 1 aliphatic rings. The van der Waals surface area contributed by atoms with Crippen LogP contribution in [-0.2, 0) is 0 Å². The van der Waals surface area contributed by atoms with Gasteiger partial charge >= 0.3 is 6.18 Å². The molecule has 0 unspecified atom stereocenters. The maximum atomic E-state index is 12.5. The summed E-state index contributed by atoms with van der Waals surface area (Å²) in [5.74, 6) is -0.985. The lowest BCUT2D eigenvalue weighted by atomic mass is 10.1. The van der Waals surface area contributed by atoms with Gasteiger partial charge in [-0.3, -0.25) is 9.59 Å². The molecule has 0 saturated heterocycles. The minimum absolute atomic E-state index is 0.000959. The highest BCUT2D eigenvalue weighted by atomic mass is 19.4. The van der Waals surface area contributed by atoms with E-state index in [1.54, 1.807) is 6.08 Å². The quantitative estimate of drug-likeness (QED) is 0.413. The number of carbonyl (C=O) groups is 2. The number of nitrogens with one attached hydrogen (secondary N) is 2. The first kappa shape index (κ1) is 24.3. The zero-order valence-electron chi connectivity index (χ0n) is 18.0. The number of carbonyl (C=O) groups excluding carboxylic acids is 2. The lowest BCUT2D eigenvalue weighted by molar-refractivity contribution is -0.123. The Morgan fingerprint density at radius 2 is 2.00 bits per heavy atom. The van der Waals surface area contributed by atoms with E-state index < -0.39 is 18.6 Å². The highest BCUT2D eigenvalue weighted by Gasteiger charge is 2.28. The SMILES string of the molecule is C=CCCCOc1cc(C(=O)NCC(F)(F)F)ccc1-n1cc(C(=O)NC2CCCC2)nn1. The molecule has 1 aromatic carbocycles. The Balaban J connectivity index is 1.79. The molecule has 8 nitrogen and oxygen atoms in total. The number of alkyl halides is 3. The molecular formula is C22H26F3N5O3. The Hall–Kier alpha value is -3.37. The second-order valence-electron chi connectivity index (χ2n) is 7.76. The van der Waals surface area contributed by atoms with Gasteiger partial charge in [0, 0.05) is 11.6 Å². The molecule has 1 aliphatic carbocycles. The van der Waals surface area contributed by atoms with Gasteiger partial charge in [0.15, 0.2) is 5.69 Å². The molecule has 2 amide bonds. The smallest absolute Gasteiger partial charge is 0.405 e. The molecule has 178 valence electrons. The number of rotatable bonds is 10. The van der Waals surface area contributed by atoms with Crippen molar-refractivity contribution in [2.75, 3.05) is 13.2 Å². The minimum atomic E-state index is -4.52. The lowest BCUT2D eigenvalue weighted by Crippen LogP contribution is -2.33. The molecule has 0 atom stereocenters. The van der Waals surface area contributed by atoms with Crippen LogP contribution in [0.2, 0.25) is 0 Å². The van der Waals surface area contributed by atoms with E-state index in [9.17, 15) is 22.8 Å². The average Bonchev–Trinajstić information content (AvgIpc) is 3.47. The topological polar surface area (TPSA) is 98.1 Å². The molecule has 0 aliphatic heterocycles. The number of aromatic nitrogens is 3. The van der Waals surface area contributed by atoms with Crippen molar-refractivity contribution in [3.63, 3.8) is 0 Å².